The van der Waals surface area contributed by atoms with E-state index in [-0.39, 0.29) is 68.1 Å². The van der Waals surface area contributed by atoms with Crippen molar-refractivity contribution in [3.8, 4) is 17.5 Å². The van der Waals surface area contributed by atoms with Crippen LogP contribution in [-0.2, 0) is 34.0 Å². The lowest BCUT2D eigenvalue weighted by molar-refractivity contribution is -0.137. The number of carbonyl (C=O) groups is 5. The number of anilines is 4. The number of aromatic nitrogens is 7. The topological polar surface area (TPSA) is 259 Å². The lowest BCUT2D eigenvalue weighted by Gasteiger charge is -2.41. The molecule has 2 fully saturated rings. The van der Waals surface area contributed by atoms with Crippen LogP contribution >= 0.6 is 0 Å². The number of methoxy groups -OCH3 is 1. The maximum absolute atomic E-state index is 13.3. The van der Waals surface area contributed by atoms with Crippen molar-refractivity contribution in [1.29, 1.82) is 5.26 Å². The molecule has 21 nitrogen and oxygen atoms in total. The summed E-state index contributed by atoms with van der Waals surface area (Å²) in [5.41, 5.74) is 5.14. The Bertz CT molecular complexity index is 2750. The minimum atomic E-state index is -0.740. The monoisotopic (exact) mass is 895 g/mol. The van der Waals surface area contributed by atoms with Gasteiger partial charge in [0, 0.05) is 60.9 Å². The Labute approximate surface area is 379 Å². The smallest absolute Gasteiger partial charge is 0.255 e. The second kappa shape index (κ2) is 18.8. The van der Waals surface area contributed by atoms with Crippen molar-refractivity contribution in [2.75, 3.05) is 35.7 Å². The molecule has 1 unspecified atom stereocenters. The number of nitrogens with zero attached hydrogens (tertiary/aromatic N) is 10. The number of imide groups is 1. The number of amides is 5. The Morgan fingerprint density at radius 2 is 1.89 bits per heavy atom. The average molecular weight is 896 g/mol. The fourth-order valence-electron chi connectivity index (χ4n) is 9.31. The van der Waals surface area contributed by atoms with Gasteiger partial charge in [0.1, 0.15) is 35.6 Å². The molecule has 2 atom stereocenters. The first-order valence-corrected chi connectivity index (χ1v) is 22.2. The average Bonchev–Trinajstić information content (AvgIpc) is 4.16. The molecule has 1 saturated carbocycles. The molecule has 66 heavy (non-hydrogen) atoms. The first-order valence-electron chi connectivity index (χ1n) is 22.2. The Hall–Kier alpha value is -7.73. The van der Waals surface area contributed by atoms with E-state index in [0.717, 1.165) is 49.3 Å². The minimum absolute atomic E-state index is 0.0583. The van der Waals surface area contributed by atoms with Crippen molar-refractivity contribution < 1.29 is 28.7 Å². The maximum Gasteiger partial charge on any atom is 0.255 e. The summed E-state index contributed by atoms with van der Waals surface area (Å²) >= 11 is 0. The molecule has 3 aliphatic heterocycles. The molecule has 340 valence electrons. The molecule has 5 aromatic rings. The molecule has 21 heteroatoms. The number of imidazole rings is 1. The number of fused-ring (bicyclic) bond motifs is 4. The van der Waals surface area contributed by atoms with E-state index in [1.807, 2.05) is 4.57 Å². The number of piperidine rings is 1. The lowest BCUT2D eigenvalue weighted by Crippen LogP contribution is -2.52. The highest BCUT2D eigenvalue weighted by Gasteiger charge is 2.41. The van der Waals surface area contributed by atoms with E-state index in [4.69, 9.17) is 9.72 Å². The first kappa shape index (κ1) is 43.5. The van der Waals surface area contributed by atoms with Gasteiger partial charge in [-0.15, -0.1) is 5.10 Å². The van der Waals surface area contributed by atoms with Gasteiger partial charge < -0.3 is 35.8 Å². The van der Waals surface area contributed by atoms with Crippen LogP contribution in [0.1, 0.15) is 108 Å². The Balaban J connectivity index is 0.746. The zero-order valence-corrected chi connectivity index (χ0v) is 36.5. The van der Waals surface area contributed by atoms with Gasteiger partial charge in [-0.3, -0.25) is 38.5 Å². The van der Waals surface area contributed by atoms with Crippen LogP contribution in [0.4, 0.5) is 23.1 Å². The van der Waals surface area contributed by atoms with E-state index in [0.29, 0.717) is 70.8 Å². The first-order chi connectivity index (χ1) is 32.1. The van der Waals surface area contributed by atoms with Crippen molar-refractivity contribution in [2.45, 2.75) is 96.1 Å². The molecule has 1 saturated heterocycles. The van der Waals surface area contributed by atoms with Crippen LogP contribution in [0, 0.1) is 11.3 Å². The Kier molecular flexibility index (Phi) is 12.4. The summed E-state index contributed by atoms with van der Waals surface area (Å²) in [6.45, 7) is 3.77. The largest absolute Gasteiger partial charge is 0.495 e. The van der Waals surface area contributed by atoms with Crippen LogP contribution in [0.5, 0.6) is 5.75 Å². The highest BCUT2D eigenvalue weighted by Crippen LogP contribution is 2.45. The van der Waals surface area contributed by atoms with Crippen LogP contribution in [0.25, 0.3) is 5.69 Å². The molecule has 5 N–H and O–H groups in total. The van der Waals surface area contributed by atoms with Gasteiger partial charge in [-0.25, -0.2) is 9.97 Å². The number of benzene rings is 2. The number of ether oxygens (including phenoxy) is 1. The summed E-state index contributed by atoms with van der Waals surface area (Å²) in [6.07, 6.45) is 10.9. The molecule has 6 heterocycles. The van der Waals surface area contributed by atoms with Gasteiger partial charge in [-0.1, -0.05) is 31.0 Å². The molecule has 5 amide bonds. The number of nitrogens with one attached hydrogen (secondary N) is 5. The predicted molar refractivity (Wildman–Crippen MR) is 238 cm³/mol. The van der Waals surface area contributed by atoms with Crippen LogP contribution in [0.15, 0.2) is 55.1 Å². The van der Waals surface area contributed by atoms with Crippen molar-refractivity contribution >= 4 is 52.7 Å². The SMILES string of the molecule is CC[C@@H]1c2c(C#N)ncn2-c2cnc(Nc3ccc(C(=O)NCc4cn(CCNCCC(=O)Nc5cccc6c5CN(C5CCC(=O)NC5=O)C6=O)nn4)cc3OC)nc2N1C1CCCC1. The second-order valence-electron chi connectivity index (χ2n) is 16.6. The fraction of sp³-hybridized carbons (Fsp3) is 0.400. The lowest BCUT2D eigenvalue weighted by atomic mass is 10.0. The fourth-order valence-corrected chi connectivity index (χ4v) is 9.31. The molecule has 0 spiro atoms. The number of hydrogen-bond donors (Lipinski definition) is 5. The van der Waals surface area contributed by atoms with Crippen LogP contribution in [0.2, 0.25) is 0 Å². The van der Waals surface area contributed by atoms with Crippen LogP contribution < -0.4 is 36.2 Å². The molecular weight excluding hydrogens is 847 g/mol. The molecule has 2 aromatic carbocycles. The maximum atomic E-state index is 13.3. The van der Waals surface area contributed by atoms with Gasteiger partial charge in [0.15, 0.2) is 11.5 Å². The third-order valence-corrected chi connectivity index (χ3v) is 12.5. The third kappa shape index (κ3) is 8.61. The van der Waals surface area contributed by atoms with Crippen molar-refractivity contribution in [3.05, 3.63) is 88.9 Å². The van der Waals surface area contributed by atoms with E-state index in [9.17, 15) is 29.2 Å². The van der Waals surface area contributed by atoms with Gasteiger partial charge in [0.05, 0.1) is 50.0 Å². The summed E-state index contributed by atoms with van der Waals surface area (Å²) < 4.78 is 9.27. The predicted octanol–water partition coefficient (Wildman–Crippen LogP) is 3.40. The van der Waals surface area contributed by atoms with E-state index < -0.39 is 11.9 Å². The molecule has 9 rings (SSSR count). The number of nitriles is 1. The summed E-state index contributed by atoms with van der Waals surface area (Å²) in [4.78, 5) is 81.2. The quantitative estimate of drug-likeness (QED) is 0.0703. The van der Waals surface area contributed by atoms with Crippen LogP contribution in [0.3, 0.4) is 0 Å². The van der Waals surface area contributed by atoms with Gasteiger partial charge >= 0.3 is 0 Å². The zero-order valence-electron chi connectivity index (χ0n) is 36.5. The van der Waals surface area contributed by atoms with Crippen molar-refractivity contribution in [1.82, 2.24) is 55.4 Å². The van der Waals surface area contributed by atoms with E-state index in [1.165, 1.54) is 12.0 Å². The highest BCUT2D eigenvalue weighted by molar-refractivity contribution is 6.07. The van der Waals surface area contributed by atoms with Crippen molar-refractivity contribution in [2.24, 2.45) is 0 Å². The van der Waals surface area contributed by atoms with Gasteiger partial charge in [0.25, 0.3) is 11.8 Å². The van der Waals surface area contributed by atoms with E-state index >= 15 is 0 Å². The van der Waals surface area contributed by atoms with Gasteiger partial charge in [0.2, 0.25) is 23.7 Å². The number of hydrogen-bond acceptors (Lipinski definition) is 15. The Morgan fingerprint density at radius 3 is 2.68 bits per heavy atom. The molecule has 3 aromatic heterocycles. The minimum Gasteiger partial charge on any atom is -0.495 e. The van der Waals surface area contributed by atoms with Gasteiger partial charge in [-0.2, -0.15) is 10.2 Å². The van der Waals surface area contributed by atoms with E-state index in [2.05, 4.69) is 64.8 Å². The highest BCUT2D eigenvalue weighted by atomic mass is 16.5. The number of rotatable bonds is 16. The summed E-state index contributed by atoms with van der Waals surface area (Å²) in [5.74, 6) is -0.153. The molecule has 1 aliphatic carbocycles. The summed E-state index contributed by atoms with van der Waals surface area (Å²) in [7, 11) is 1.53. The second-order valence-corrected chi connectivity index (χ2v) is 16.6. The number of carbonyl (C=O) groups excluding carboxylic acids is 5. The standard InChI is InChI=1S/C45H49N15O6/c1-3-34-40-33(20-46)50-25-59(40)36-22-49-45(54-41(36)60(34)28-7-4-5-8-28)52-32-12-11-26(19-37(32)66-2)42(63)48-21-27-23-57(56-55-27)18-17-47-16-15-39(62)51-31-10-6-9-29-30(31)24-58(44(29)65)35-13-14-38(61)53-43(35)64/h6,9-12,19,22-23,25,28,34-35,47H,3-5,7-8,13-18,21,24H2,1-2H3,(H,48,63)(H,51,62)(H,49,52,54)(H,53,61,64)/t34-,35?/m1/s1. The molecule has 4 aliphatic rings. The summed E-state index contributed by atoms with van der Waals surface area (Å²) in [6, 6.07) is 11.9. The van der Waals surface area contributed by atoms with Crippen LogP contribution in [-0.4, -0.2) is 101 Å². The molecular formula is C45H49N15O6. The molecule has 0 bridgehead atoms. The normalized spacial score (nSPS) is 17.7. The summed E-state index contributed by atoms with van der Waals surface area (Å²) in [5, 5.41) is 32.8. The zero-order chi connectivity index (χ0) is 45.9. The van der Waals surface area contributed by atoms with Crippen molar-refractivity contribution in [3.63, 3.8) is 0 Å². The Morgan fingerprint density at radius 1 is 1.05 bits per heavy atom. The molecule has 0 radical (unpaired) electrons. The van der Waals surface area contributed by atoms with Gasteiger partial charge in [-0.05, 0) is 56.0 Å². The third-order valence-electron chi connectivity index (χ3n) is 12.5. The van der Waals surface area contributed by atoms with E-state index in [1.54, 1.807) is 59.8 Å².